The summed E-state index contributed by atoms with van der Waals surface area (Å²) in [6.45, 7) is -0.113. The Balaban J connectivity index is 1.96. The standard InChI is InChI=1S/C14H15ClN2O4/c15-10-3-1-2-4-11(10)16-12(18)8-17-7-9(14(20)21)5-6-13(17)19/h1-4,9H,5-8H2,(H,16,18)(H,20,21). The van der Waals surface area contributed by atoms with Crippen molar-refractivity contribution in [2.75, 3.05) is 18.4 Å². The normalized spacial score (nSPS) is 18.4. The number of carbonyl (C=O) groups excluding carboxylic acids is 2. The van der Waals surface area contributed by atoms with Crippen molar-refractivity contribution in [3.8, 4) is 0 Å². The zero-order valence-corrected chi connectivity index (χ0v) is 12.0. The molecule has 1 aromatic rings. The maximum absolute atomic E-state index is 11.9. The second-order valence-electron chi connectivity index (χ2n) is 4.88. The minimum Gasteiger partial charge on any atom is -0.481 e. The van der Waals surface area contributed by atoms with Crippen molar-refractivity contribution in [1.29, 1.82) is 0 Å². The SMILES string of the molecule is O=C(CN1CC(C(=O)O)CCC1=O)Nc1ccccc1Cl. The molecule has 112 valence electrons. The van der Waals surface area contributed by atoms with Crippen LogP contribution < -0.4 is 5.32 Å². The second kappa shape index (κ2) is 6.58. The van der Waals surface area contributed by atoms with Gasteiger partial charge in [0, 0.05) is 13.0 Å². The van der Waals surface area contributed by atoms with E-state index in [1.54, 1.807) is 24.3 Å². The molecule has 21 heavy (non-hydrogen) atoms. The summed E-state index contributed by atoms with van der Waals surface area (Å²) in [6, 6.07) is 6.76. The largest absolute Gasteiger partial charge is 0.481 e. The van der Waals surface area contributed by atoms with Gasteiger partial charge in [-0.05, 0) is 18.6 Å². The third-order valence-electron chi connectivity index (χ3n) is 3.33. The van der Waals surface area contributed by atoms with Gasteiger partial charge in [-0.15, -0.1) is 0 Å². The van der Waals surface area contributed by atoms with Crippen LogP contribution in [-0.2, 0) is 14.4 Å². The minimum absolute atomic E-state index is 0.0596. The van der Waals surface area contributed by atoms with E-state index < -0.39 is 17.8 Å². The van der Waals surface area contributed by atoms with Crippen molar-refractivity contribution >= 4 is 35.1 Å². The molecule has 1 atom stereocenters. The van der Waals surface area contributed by atoms with E-state index in [2.05, 4.69) is 5.32 Å². The number of carboxylic acids is 1. The molecule has 2 rings (SSSR count). The number of likely N-dealkylation sites (tertiary alicyclic amines) is 1. The number of nitrogens with one attached hydrogen (secondary N) is 1. The van der Waals surface area contributed by atoms with Crippen molar-refractivity contribution in [3.05, 3.63) is 29.3 Å². The Bertz CT molecular complexity index is 576. The van der Waals surface area contributed by atoms with Gasteiger partial charge in [0.15, 0.2) is 0 Å². The van der Waals surface area contributed by atoms with Crippen molar-refractivity contribution in [1.82, 2.24) is 4.90 Å². The van der Waals surface area contributed by atoms with Crippen LogP contribution in [-0.4, -0.2) is 40.9 Å². The fourth-order valence-electron chi connectivity index (χ4n) is 2.19. The number of para-hydroxylation sites is 1. The van der Waals surface area contributed by atoms with Gasteiger partial charge >= 0.3 is 5.97 Å². The molecule has 2 N–H and O–H groups in total. The van der Waals surface area contributed by atoms with E-state index >= 15 is 0 Å². The molecular weight excluding hydrogens is 296 g/mol. The lowest BCUT2D eigenvalue weighted by Crippen LogP contribution is -2.46. The Morgan fingerprint density at radius 2 is 2.10 bits per heavy atom. The van der Waals surface area contributed by atoms with Crippen LogP contribution in [0.15, 0.2) is 24.3 Å². The molecule has 0 aliphatic carbocycles. The first-order valence-electron chi connectivity index (χ1n) is 6.52. The second-order valence-corrected chi connectivity index (χ2v) is 5.28. The molecule has 0 aromatic heterocycles. The number of carboxylic acid groups (broad SMARTS) is 1. The van der Waals surface area contributed by atoms with Crippen LogP contribution in [0.4, 0.5) is 5.69 Å². The van der Waals surface area contributed by atoms with Crippen molar-refractivity contribution in [2.45, 2.75) is 12.8 Å². The minimum atomic E-state index is -0.945. The number of piperidine rings is 1. The average molecular weight is 311 g/mol. The van der Waals surface area contributed by atoms with Gasteiger partial charge in [-0.25, -0.2) is 0 Å². The van der Waals surface area contributed by atoms with Crippen LogP contribution in [0.25, 0.3) is 0 Å². The monoisotopic (exact) mass is 310 g/mol. The van der Waals surface area contributed by atoms with Gasteiger partial charge in [0.25, 0.3) is 0 Å². The number of hydrogen-bond donors (Lipinski definition) is 2. The summed E-state index contributed by atoms with van der Waals surface area (Å²) in [6.07, 6.45) is 0.465. The lowest BCUT2D eigenvalue weighted by molar-refractivity contribution is -0.148. The van der Waals surface area contributed by atoms with E-state index in [9.17, 15) is 14.4 Å². The van der Waals surface area contributed by atoms with E-state index in [1.165, 1.54) is 4.90 Å². The molecule has 0 spiro atoms. The van der Waals surface area contributed by atoms with Crippen LogP contribution in [0.1, 0.15) is 12.8 Å². The molecule has 1 aliphatic heterocycles. The van der Waals surface area contributed by atoms with Gasteiger partial charge in [0.05, 0.1) is 23.2 Å². The summed E-state index contributed by atoms with van der Waals surface area (Å²) in [5, 5.41) is 12.0. The van der Waals surface area contributed by atoms with Gasteiger partial charge in [-0.3, -0.25) is 14.4 Å². The summed E-state index contributed by atoms with van der Waals surface area (Å²) in [4.78, 5) is 35.9. The highest BCUT2D eigenvalue weighted by Crippen LogP contribution is 2.21. The van der Waals surface area contributed by atoms with E-state index in [4.69, 9.17) is 16.7 Å². The molecule has 0 bridgehead atoms. The Labute approximate surface area is 126 Å². The molecule has 0 saturated carbocycles. The van der Waals surface area contributed by atoms with Crippen LogP contribution >= 0.6 is 11.6 Å². The van der Waals surface area contributed by atoms with Gasteiger partial charge in [0.1, 0.15) is 0 Å². The number of amides is 2. The van der Waals surface area contributed by atoms with Gasteiger partial charge in [-0.1, -0.05) is 23.7 Å². The van der Waals surface area contributed by atoms with Crippen LogP contribution in [0.3, 0.4) is 0 Å². The highest BCUT2D eigenvalue weighted by Gasteiger charge is 2.31. The van der Waals surface area contributed by atoms with E-state index in [0.717, 1.165) is 0 Å². The summed E-state index contributed by atoms with van der Waals surface area (Å²) in [7, 11) is 0. The number of aliphatic carboxylic acids is 1. The molecule has 6 nitrogen and oxygen atoms in total. The number of carbonyl (C=O) groups is 3. The zero-order chi connectivity index (χ0) is 15.4. The Hall–Kier alpha value is -2.08. The topological polar surface area (TPSA) is 86.7 Å². The molecule has 7 heteroatoms. The van der Waals surface area contributed by atoms with Crippen molar-refractivity contribution < 1.29 is 19.5 Å². The predicted octanol–water partition coefficient (Wildman–Crippen LogP) is 1.60. The highest BCUT2D eigenvalue weighted by atomic mass is 35.5. The van der Waals surface area contributed by atoms with Gasteiger partial charge in [0.2, 0.25) is 11.8 Å². The molecule has 1 aliphatic rings. The third kappa shape index (κ3) is 3.95. The number of nitrogens with zero attached hydrogens (tertiary/aromatic N) is 1. The molecule has 1 aromatic carbocycles. The fraction of sp³-hybridized carbons (Fsp3) is 0.357. The van der Waals surface area contributed by atoms with Crippen LogP contribution in [0.5, 0.6) is 0 Å². The Morgan fingerprint density at radius 3 is 2.76 bits per heavy atom. The first-order chi connectivity index (χ1) is 9.97. The first-order valence-corrected chi connectivity index (χ1v) is 6.90. The summed E-state index contributed by atoms with van der Waals surface area (Å²) in [5.41, 5.74) is 0.461. The number of rotatable bonds is 4. The predicted molar refractivity (Wildman–Crippen MR) is 77.0 cm³/mol. The maximum atomic E-state index is 11.9. The van der Waals surface area contributed by atoms with E-state index in [0.29, 0.717) is 17.1 Å². The van der Waals surface area contributed by atoms with Gasteiger partial charge in [-0.2, -0.15) is 0 Å². The smallest absolute Gasteiger partial charge is 0.308 e. The van der Waals surface area contributed by atoms with Crippen molar-refractivity contribution in [3.63, 3.8) is 0 Å². The number of anilines is 1. The van der Waals surface area contributed by atoms with Gasteiger partial charge < -0.3 is 15.3 Å². The molecule has 0 radical (unpaired) electrons. The average Bonchev–Trinajstić information content (AvgIpc) is 2.43. The summed E-state index contributed by atoms with van der Waals surface area (Å²) in [5.74, 6) is -2.17. The highest BCUT2D eigenvalue weighted by molar-refractivity contribution is 6.33. The fourth-order valence-corrected chi connectivity index (χ4v) is 2.38. The molecule has 1 fully saturated rings. The number of hydrogen-bond acceptors (Lipinski definition) is 3. The molecule has 1 unspecified atom stereocenters. The molecule has 2 amide bonds. The quantitative estimate of drug-likeness (QED) is 0.884. The summed E-state index contributed by atoms with van der Waals surface area (Å²) >= 11 is 5.93. The Kier molecular flexibility index (Phi) is 4.80. The third-order valence-corrected chi connectivity index (χ3v) is 3.66. The Morgan fingerprint density at radius 1 is 1.38 bits per heavy atom. The zero-order valence-electron chi connectivity index (χ0n) is 11.2. The summed E-state index contributed by atoms with van der Waals surface area (Å²) < 4.78 is 0. The molecule has 1 heterocycles. The van der Waals surface area contributed by atoms with E-state index in [1.807, 2.05) is 0 Å². The van der Waals surface area contributed by atoms with E-state index in [-0.39, 0.29) is 25.4 Å². The molecular formula is C14H15ClN2O4. The molecule has 1 saturated heterocycles. The van der Waals surface area contributed by atoms with Crippen molar-refractivity contribution in [2.24, 2.45) is 5.92 Å². The first kappa shape index (κ1) is 15.3. The maximum Gasteiger partial charge on any atom is 0.308 e. The number of halogens is 1. The number of benzene rings is 1. The lowest BCUT2D eigenvalue weighted by atomic mass is 9.98. The van der Waals surface area contributed by atoms with Crippen LogP contribution in [0.2, 0.25) is 5.02 Å². The van der Waals surface area contributed by atoms with Crippen LogP contribution in [0, 0.1) is 5.92 Å². The lowest BCUT2D eigenvalue weighted by Gasteiger charge is -2.30.